The first kappa shape index (κ1) is 17.5. The van der Waals surface area contributed by atoms with E-state index in [9.17, 15) is 4.79 Å². The predicted molar refractivity (Wildman–Crippen MR) is 98.5 cm³/mol. The summed E-state index contributed by atoms with van der Waals surface area (Å²) >= 11 is 0. The number of hydrogen-bond acceptors (Lipinski definition) is 4. The number of aryl methyl sites for hydroxylation is 1. The van der Waals surface area contributed by atoms with Crippen LogP contribution in [-0.2, 0) is 6.54 Å². The molecule has 1 aromatic heterocycles. The summed E-state index contributed by atoms with van der Waals surface area (Å²) in [5.74, 6) is 1.12. The van der Waals surface area contributed by atoms with E-state index in [-0.39, 0.29) is 5.91 Å². The van der Waals surface area contributed by atoms with Gasteiger partial charge in [-0.15, -0.1) is 0 Å². The zero-order valence-corrected chi connectivity index (χ0v) is 15.3. The lowest BCUT2D eigenvalue weighted by molar-refractivity contribution is 0.0778. The molecule has 0 aliphatic carbocycles. The molecule has 0 N–H and O–H groups in total. The van der Waals surface area contributed by atoms with Crippen molar-refractivity contribution >= 4 is 5.91 Å². The van der Waals surface area contributed by atoms with Gasteiger partial charge in [0.2, 0.25) is 0 Å². The summed E-state index contributed by atoms with van der Waals surface area (Å²) in [6.07, 6.45) is 2.10. The van der Waals surface area contributed by atoms with Crippen LogP contribution in [0.1, 0.15) is 46.3 Å². The molecule has 1 amide bonds. The van der Waals surface area contributed by atoms with Crippen molar-refractivity contribution in [1.82, 2.24) is 19.8 Å². The summed E-state index contributed by atoms with van der Waals surface area (Å²) in [5.41, 5.74) is 2.47. The van der Waals surface area contributed by atoms with Crippen LogP contribution in [0.15, 0.2) is 36.4 Å². The number of benzene rings is 1. The Hall–Kier alpha value is -2.27. The van der Waals surface area contributed by atoms with Gasteiger partial charge in [-0.2, -0.15) is 0 Å². The maximum absolute atomic E-state index is 12.8. The second-order valence-electron chi connectivity index (χ2n) is 6.98. The summed E-state index contributed by atoms with van der Waals surface area (Å²) in [6, 6.07) is 11.8. The molecule has 0 unspecified atom stereocenters. The van der Waals surface area contributed by atoms with E-state index in [1.807, 2.05) is 44.3 Å². The maximum atomic E-state index is 12.8. The van der Waals surface area contributed by atoms with Crippen LogP contribution in [0.5, 0.6) is 0 Å². The SMILES string of the molecule is Cc1cc(C(=O)N(C)Cc2ccccc2)nc(C2CCN(C)CC2)n1. The molecule has 5 heteroatoms. The third-order valence-electron chi connectivity index (χ3n) is 4.78. The highest BCUT2D eigenvalue weighted by Gasteiger charge is 2.23. The van der Waals surface area contributed by atoms with E-state index in [1.165, 1.54) is 0 Å². The number of carbonyl (C=O) groups excluding carboxylic acids is 1. The van der Waals surface area contributed by atoms with Crippen molar-refractivity contribution in [3.8, 4) is 0 Å². The Bertz CT molecular complexity index is 724. The molecule has 25 heavy (non-hydrogen) atoms. The lowest BCUT2D eigenvalue weighted by Crippen LogP contribution is -2.31. The third kappa shape index (κ3) is 4.42. The van der Waals surface area contributed by atoms with Gasteiger partial charge < -0.3 is 9.80 Å². The molecule has 0 saturated carbocycles. The van der Waals surface area contributed by atoms with Crippen molar-refractivity contribution in [3.63, 3.8) is 0 Å². The molecule has 1 aliphatic heterocycles. The van der Waals surface area contributed by atoms with Gasteiger partial charge in [-0.1, -0.05) is 30.3 Å². The molecule has 0 bridgehead atoms. The average Bonchev–Trinajstić information content (AvgIpc) is 2.62. The molecule has 2 heterocycles. The second kappa shape index (κ2) is 7.74. The quantitative estimate of drug-likeness (QED) is 0.860. The first-order chi connectivity index (χ1) is 12.0. The zero-order chi connectivity index (χ0) is 17.8. The molecule has 5 nitrogen and oxygen atoms in total. The molecule has 0 atom stereocenters. The van der Waals surface area contributed by atoms with Gasteiger partial charge in [-0.05, 0) is 51.5 Å². The summed E-state index contributed by atoms with van der Waals surface area (Å²) in [7, 11) is 3.96. The standard InChI is InChI=1S/C20H26N4O/c1-15-13-18(20(25)24(3)14-16-7-5-4-6-8-16)22-19(21-15)17-9-11-23(2)12-10-17/h4-8,13,17H,9-12,14H2,1-3H3. The van der Waals surface area contributed by atoms with E-state index in [1.54, 1.807) is 11.0 Å². The highest BCUT2D eigenvalue weighted by molar-refractivity contribution is 5.92. The van der Waals surface area contributed by atoms with E-state index in [4.69, 9.17) is 0 Å². The molecule has 0 spiro atoms. The smallest absolute Gasteiger partial charge is 0.272 e. The van der Waals surface area contributed by atoms with Crippen LogP contribution in [0, 0.1) is 6.92 Å². The largest absolute Gasteiger partial charge is 0.336 e. The molecule has 0 radical (unpaired) electrons. The van der Waals surface area contributed by atoms with Gasteiger partial charge in [0.15, 0.2) is 0 Å². The molecular formula is C20H26N4O. The summed E-state index contributed by atoms with van der Waals surface area (Å²) < 4.78 is 0. The number of piperidine rings is 1. The summed E-state index contributed by atoms with van der Waals surface area (Å²) in [4.78, 5) is 26.1. The van der Waals surface area contributed by atoms with Crippen molar-refractivity contribution in [3.05, 3.63) is 59.2 Å². The van der Waals surface area contributed by atoms with Gasteiger partial charge in [-0.3, -0.25) is 4.79 Å². The van der Waals surface area contributed by atoms with E-state index >= 15 is 0 Å². The minimum Gasteiger partial charge on any atom is -0.336 e. The topological polar surface area (TPSA) is 49.3 Å². The monoisotopic (exact) mass is 338 g/mol. The van der Waals surface area contributed by atoms with Crippen LogP contribution in [0.3, 0.4) is 0 Å². The Balaban J connectivity index is 1.76. The van der Waals surface area contributed by atoms with Crippen LogP contribution >= 0.6 is 0 Å². The van der Waals surface area contributed by atoms with Gasteiger partial charge in [0.05, 0.1) is 0 Å². The predicted octanol–water partition coefficient (Wildman–Crippen LogP) is 2.87. The third-order valence-corrected chi connectivity index (χ3v) is 4.78. The Morgan fingerprint density at radius 1 is 1.20 bits per heavy atom. The molecule has 132 valence electrons. The number of likely N-dealkylation sites (tertiary alicyclic amines) is 1. The minimum atomic E-state index is -0.0523. The van der Waals surface area contributed by atoms with E-state index in [0.717, 1.165) is 43.0 Å². The highest BCUT2D eigenvalue weighted by atomic mass is 16.2. The lowest BCUT2D eigenvalue weighted by Gasteiger charge is -2.28. The first-order valence-electron chi connectivity index (χ1n) is 8.86. The molecular weight excluding hydrogens is 312 g/mol. The Morgan fingerprint density at radius 3 is 2.56 bits per heavy atom. The number of carbonyl (C=O) groups is 1. The number of rotatable bonds is 4. The number of hydrogen-bond donors (Lipinski definition) is 0. The van der Waals surface area contributed by atoms with Crippen LogP contribution in [-0.4, -0.2) is 52.9 Å². The second-order valence-corrected chi connectivity index (χ2v) is 6.98. The van der Waals surface area contributed by atoms with Gasteiger partial charge in [0.25, 0.3) is 5.91 Å². The van der Waals surface area contributed by atoms with E-state index in [2.05, 4.69) is 21.9 Å². The van der Waals surface area contributed by atoms with E-state index in [0.29, 0.717) is 18.2 Å². The van der Waals surface area contributed by atoms with Crippen LogP contribution in [0.2, 0.25) is 0 Å². The fourth-order valence-corrected chi connectivity index (χ4v) is 3.28. The minimum absolute atomic E-state index is 0.0523. The zero-order valence-electron chi connectivity index (χ0n) is 15.3. The van der Waals surface area contributed by atoms with Crippen LogP contribution in [0.25, 0.3) is 0 Å². The van der Waals surface area contributed by atoms with Gasteiger partial charge >= 0.3 is 0 Å². The number of amides is 1. The summed E-state index contributed by atoms with van der Waals surface area (Å²) in [6.45, 7) is 4.62. The van der Waals surface area contributed by atoms with Gasteiger partial charge in [-0.25, -0.2) is 9.97 Å². The van der Waals surface area contributed by atoms with Crippen LogP contribution < -0.4 is 0 Å². The molecule has 1 aliphatic rings. The Labute approximate surface area is 149 Å². The lowest BCUT2D eigenvalue weighted by atomic mass is 9.96. The highest BCUT2D eigenvalue weighted by Crippen LogP contribution is 2.25. The van der Waals surface area contributed by atoms with Crippen LogP contribution in [0.4, 0.5) is 0 Å². The maximum Gasteiger partial charge on any atom is 0.272 e. The first-order valence-corrected chi connectivity index (χ1v) is 8.86. The van der Waals surface area contributed by atoms with Crippen molar-refractivity contribution in [2.45, 2.75) is 32.2 Å². The molecule has 1 saturated heterocycles. The van der Waals surface area contributed by atoms with Crippen molar-refractivity contribution in [2.24, 2.45) is 0 Å². The van der Waals surface area contributed by atoms with Crippen molar-refractivity contribution in [1.29, 1.82) is 0 Å². The molecule has 1 aromatic carbocycles. The number of nitrogens with zero attached hydrogens (tertiary/aromatic N) is 4. The normalized spacial score (nSPS) is 16.0. The fourth-order valence-electron chi connectivity index (χ4n) is 3.28. The van der Waals surface area contributed by atoms with Gasteiger partial charge in [0, 0.05) is 25.2 Å². The Morgan fingerprint density at radius 2 is 1.88 bits per heavy atom. The molecule has 1 fully saturated rings. The summed E-state index contributed by atoms with van der Waals surface area (Å²) in [5, 5.41) is 0. The van der Waals surface area contributed by atoms with Gasteiger partial charge in [0.1, 0.15) is 11.5 Å². The van der Waals surface area contributed by atoms with Crippen molar-refractivity contribution < 1.29 is 4.79 Å². The fraction of sp³-hybridized carbons (Fsp3) is 0.450. The van der Waals surface area contributed by atoms with Crippen molar-refractivity contribution in [2.75, 3.05) is 27.2 Å². The average molecular weight is 338 g/mol. The Kier molecular flexibility index (Phi) is 5.43. The number of aromatic nitrogens is 2. The van der Waals surface area contributed by atoms with E-state index < -0.39 is 0 Å². The molecule has 2 aromatic rings. The molecule has 3 rings (SSSR count).